The standard InChI is InChI=1S/C29H37N7O4/c1-6-29(2,3)36-27(32-33-34-36)26(35(18-21-10-8-12-40-21)17-19-9-7-11-30-16-19)22-13-20-14-24(38-4)25(39-5)15-23(20)31-28(22)37/h7,9,11,13-16,21,26H,6,8,10,12,17-18H2,1-5H3,(H,31,37)/t21-,26-/m0/s1. The number of pyridine rings is 2. The molecule has 4 aromatic rings. The van der Waals surface area contributed by atoms with Crippen LogP contribution in [0.2, 0.25) is 0 Å². The zero-order chi connectivity index (χ0) is 28.3. The molecule has 2 atom stereocenters. The summed E-state index contributed by atoms with van der Waals surface area (Å²) in [7, 11) is 3.17. The van der Waals surface area contributed by atoms with E-state index in [1.54, 1.807) is 26.5 Å². The van der Waals surface area contributed by atoms with E-state index in [2.05, 4.69) is 51.2 Å². The largest absolute Gasteiger partial charge is 0.493 e. The SMILES string of the molecule is CCC(C)(C)n1nnnc1[C@H](c1cc2cc(OC)c(OC)cc2[nH]c1=O)N(Cc1cccnc1)C[C@@H]1CCCO1. The smallest absolute Gasteiger partial charge is 0.253 e. The Labute approximate surface area is 233 Å². The molecule has 1 N–H and O–H groups in total. The van der Waals surface area contributed by atoms with Crippen LogP contribution in [0.25, 0.3) is 10.9 Å². The van der Waals surface area contributed by atoms with E-state index in [0.29, 0.717) is 41.5 Å². The van der Waals surface area contributed by atoms with Gasteiger partial charge >= 0.3 is 0 Å². The van der Waals surface area contributed by atoms with E-state index >= 15 is 0 Å². The van der Waals surface area contributed by atoms with Gasteiger partial charge in [-0.05, 0) is 67.3 Å². The van der Waals surface area contributed by atoms with E-state index in [1.807, 2.05) is 35.1 Å². The molecular formula is C29H37N7O4. The lowest BCUT2D eigenvalue weighted by Crippen LogP contribution is -2.41. The molecular weight excluding hydrogens is 510 g/mol. The second-order valence-corrected chi connectivity index (χ2v) is 10.8. The minimum Gasteiger partial charge on any atom is -0.493 e. The highest BCUT2D eigenvalue weighted by Gasteiger charge is 2.36. The van der Waals surface area contributed by atoms with Crippen LogP contribution in [0.15, 0.2) is 47.5 Å². The molecule has 4 heterocycles. The van der Waals surface area contributed by atoms with Crippen LogP contribution in [0, 0.1) is 0 Å². The monoisotopic (exact) mass is 547 g/mol. The van der Waals surface area contributed by atoms with Crippen molar-refractivity contribution in [3.63, 3.8) is 0 Å². The van der Waals surface area contributed by atoms with Gasteiger partial charge in [0.05, 0.1) is 31.4 Å². The van der Waals surface area contributed by atoms with Crippen LogP contribution >= 0.6 is 0 Å². The second kappa shape index (κ2) is 11.7. The molecule has 0 unspecified atom stereocenters. The van der Waals surface area contributed by atoms with Crippen LogP contribution in [-0.4, -0.2) is 68.6 Å². The summed E-state index contributed by atoms with van der Waals surface area (Å²) in [4.78, 5) is 23.5. The lowest BCUT2D eigenvalue weighted by atomic mass is 9.98. The molecule has 1 fully saturated rings. The second-order valence-electron chi connectivity index (χ2n) is 10.8. The summed E-state index contributed by atoms with van der Waals surface area (Å²) >= 11 is 0. The van der Waals surface area contributed by atoms with Gasteiger partial charge in [-0.25, -0.2) is 4.68 Å². The van der Waals surface area contributed by atoms with Crippen molar-refractivity contribution >= 4 is 10.9 Å². The molecule has 0 spiro atoms. The van der Waals surface area contributed by atoms with Crippen LogP contribution in [-0.2, 0) is 16.8 Å². The van der Waals surface area contributed by atoms with Crippen molar-refractivity contribution in [3.8, 4) is 11.5 Å². The molecule has 0 aliphatic carbocycles. The summed E-state index contributed by atoms with van der Waals surface area (Å²) < 4.78 is 18.9. The van der Waals surface area contributed by atoms with Gasteiger partial charge in [-0.3, -0.25) is 14.7 Å². The number of nitrogens with zero attached hydrogens (tertiary/aromatic N) is 6. The van der Waals surface area contributed by atoms with Crippen LogP contribution in [0.1, 0.15) is 63.0 Å². The summed E-state index contributed by atoms with van der Waals surface area (Å²) in [6.45, 7) is 8.15. The fraction of sp³-hybridized carbons (Fsp3) is 0.483. The summed E-state index contributed by atoms with van der Waals surface area (Å²) in [5, 5.41) is 13.8. The van der Waals surface area contributed by atoms with Crippen molar-refractivity contribution in [2.24, 2.45) is 0 Å². The minimum absolute atomic E-state index is 0.0339. The van der Waals surface area contributed by atoms with Gasteiger partial charge in [0.1, 0.15) is 6.04 Å². The number of rotatable bonds is 11. The summed E-state index contributed by atoms with van der Waals surface area (Å²) in [5.74, 6) is 1.72. The highest BCUT2D eigenvalue weighted by molar-refractivity contribution is 5.83. The maximum absolute atomic E-state index is 13.9. The Hall–Kier alpha value is -3.83. The molecule has 11 heteroatoms. The van der Waals surface area contributed by atoms with E-state index in [0.717, 1.165) is 36.8 Å². The normalized spacial score (nSPS) is 16.5. The Kier molecular flexibility index (Phi) is 8.13. The predicted molar refractivity (Wildman–Crippen MR) is 151 cm³/mol. The molecule has 1 saturated heterocycles. The Morgan fingerprint density at radius 3 is 2.70 bits per heavy atom. The number of aromatic nitrogens is 6. The average molecular weight is 548 g/mol. The number of benzene rings is 1. The Balaban J connectivity index is 1.72. The topological polar surface area (TPSA) is 120 Å². The number of fused-ring (bicyclic) bond motifs is 1. The fourth-order valence-electron chi connectivity index (χ4n) is 5.23. The molecule has 0 radical (unpaired) electrons. The van der Waals surface area contributed by atoms with Crippen molar-refractivity contribution in [2.75, 3.05) is 27.4 Å². The zero-order valence-corrected chi connectivity index (χ0v) is 23.8. The Bertz CT molecular complexity index is 1500. The Morgan fingerprint density at radius 1 is 1.23 bits per heavy atom. The fourth-order valence-corrected chi connectivity index (χ4v) is 5.23. The first-order valence-electron chi connectivity index (χ1n) is 13.7. The number of hydrogen-bond donors (Lipinski definition) is 1. The number of hydrogen-bond acceptors (Lipinski definition) is 9. The molecule has 1 aliphatic rings. The lowest BCUT2D eigenvalue weighted by Gasteiger charge is -2.34. The van der Waals surface area contributed by atoms with Gasteiger partial charge < -0.3 is 19.2 Å². The first-order chi connectivity index (χ1) is 19.3. The maximum atomic E-state index is 13.9. The molecule has 11 nitrogen and oxygen atoms in total. The minimum atomic E-state index is -0.563. The first kappa shape index (κ1) is 27.7. The molecule has 40 heavy (non-hydrogen) atoms. The molecule has 0 saturated carbocycles. The molecule has 1 aliphatic heterocycles. The van der Waals surface area contributed by atoms with Gasteiger partial charge in [0.2, 0.25) is 0 Å². The zero-order valence-electron chi connectivity index (χ0n) is 23.8. The number of ether oxygens (including phenoxy) is 3. The van der Waals surface area contributed by atoms with Crippen molar-refractivity contribution in [1.29, 1.82) is 0 Å². The summed E-state index contributed by atoms with van der Waals surface area (Å²) in [5.41, 5.74) is 1.60. The third-order valence-corrected chi connectivity index (χ3v) is 7.78. The Morgan fingerprint density at radius 2 is 2.02 bits per heavy atom. The molecule has 3 aromatic heterocycles. The third-order valence-electron chi connectivity index (χ3n) is 7.78. The van der Waals surface area contributed by atoms with E-state index in [-0.39, 0.29) is 17.2 Å². The summed E-state index contributed by atoms with van der Waals surface area (Å²) in [6, 6.07) is 8.94. The number of methoxy groups -OCH3 is 2. The van der Waals surface area contributed by atoms with E-state index in [1.165, 1.54) is 0 Å². The number of nitrogens with one attached hydrogen (secondary N) is 1. The first-order valence-corrected chi connectivity index (χ1v) is 13.7. The predicted octanol–water partition coefficient (Wildman–Crippen LogP) is 3.84. The van der Waals surface area contributed by atoms with Crippen LogP contribution < -0.4 is 15.0 Å². The van der Waals surface area contributed by atoms with Gasteiger partial charge in [0.15, 0.2) is 17.3 Å². The van der Waals surface area contributed by atoms with E-state index in [9.17, 15) is 4.79 Å². The highest BCUT2D eigenvalue weighted by atomic mass is 16.5. The number of tetrazole rings is 1. The highest BCUT2D eigenvalue weighted by Crippen LogP contribution is 2.35. The van der Waals surface area contributed by atoms with Crippen LogP contribution in [0.4, 0.5) is 0 Å². The van der Waals surface area contributed by atoms with Crippen molar-refractivity contribution in [3.05, 3.63) is 70.0 Å². The van der Waals surface area contributed by atoms with Crippen LogP contribution in [0.3, 0.4) is 0 Å². The summed E-state index contributed by atoms with van der Waals surface area (Å²) in [6.07, 6.45) is 6.40. The molecule has 1 aromatic carbocycles. The lowest BCUT2D eigenvalue weighted by molar-refractivity contribution is 0.0562. The molecule has 0 bridgehead atoms. The quantitative estimate of drug-likeness (QED) is 0.299. The van der Waals surface area contributed by atoms with Crippen molar-refractivity contribution in [1.82, 2.24) is 35.1 Å². The molecule has 212 valence electrons. The van der Waals surface area contributed by atoms with Crippen molar-refractivity contribution < 1.29 is 14.2 Å². The van der Waals surface area contributed by atoms with Gasteiger partial charge in [0, 0.05) is 49.1 Å². The molecule has 5 rings (SSSR count). The van der Waals surface area contributed by atoms with Gasteiger partial charge in [0.25, 0.3) is 5.56 Å². The van der Waals surface area contributed by atoms with Gasteiger partial charge in [-0.1, -0.05) is 13.0 Å². The number of aromatic amines is 1. The third kappa shape index (κ3) is 5.57. The van der Waals surface area contributed by atoms with Gasteiger partial charge in [-0.2, -0.15) is 0 Å². The van der Waals surface area contributed by atoms with Crippen molar-refractivity contribution in [2.45, 2.75) is 64.3 Å². The average Bonchev–Trinajstić information content (AvgIpc) is 3.66. The van der Waals surface area contributed by atoms with Gasteiger partial charge in [-0.15, -0.1) is 5.10 Å². The maximum Gasteiger partial charge on any atom is 0.253 e. The number of H-pyrrole nitrogens is 1. The van der Waals surface area contributed by atoms with E-state index in [4.69, 9.17) is 14.2 Å². The molecule has 0 amide bonds. The van der Waals surface area contributed by atoms with Crippen LogP contribution in [0.5, 0.6) is 11.5 Å². The van der Waals surface area contributed by atoms with E-state index < -0.39 is 6.04 Å².